The lowest BCUT2D eigenvalue weighted by Gasteiger charge is -2.20. The van der Waals surface area contributed by atoms with Crippen LogP contribution >= 0.6 is 0 Å². The number of hydrogen-bond donors (Lipinski definition) is 1. The normalized spacial score (nSPS) is 23.2. The van der Waals surface area contributed by atoms with E-state index in [4.69, 9.17) is 4.74 Å². The zero-order valence-corrected chi connectivity index (χ0v) is 12.5. The maximum Gasteiger partial charge on any atom is 0.0866 e. The van der Waals surface area contributed by atoms with E-state index in [-0.39, 0.29) is 6.10 Å². The van der Waals surface area contributed by atoms with Gasteiger partial charge < -0.3 is 10.1 Å². The van der Waals surface area contributed by atoms with Crippen LogP contribution in [0.25, 0.3) is 0 Å². The summed E-state index contributed by atoms with van der Waals surface area (Å²) in [6.07, 6.45) is 2.65. The molecule has 0 bridgehead atoms. The minimum absolute atomic E-state index is 0.283. The first-order valence-electron chi connectivity index (χ1n) is 7.64. The molecule has 2 nitrogen and oxygen atoms in total. The van der Waals surface area contributed by atoms with Gasteiger partial charge in [0.2, 0.25) is 0 Å². The number of ether oxygens (including phenoxy) is 1. The minimum Gasteiger partial charge on any atom is -0.373 e. The molecular weight excluding hydrogens is 234 g/mol. The molecular formula is C17H27NO. The first-order chi connectivity index (χ1) is 9.22. The van der Waals surface area contributed by atoms with Gasteiger partial charge in [-0.1, -0.05) is 45.0 Å². The van der Waals surface area contributed by atoms with E-state index in [9.17, 15) is 0 Å². The third-order valence-corrected chi connectivity index (χ3v) is 3.98. The van der Waals surface area contributed by atoms with Crippen molar-refractivity contribution in [2.45, 2.75) is 45.6 Å². The molecule has 19 heavy (non-hydrogen) atoms. The van der Waals surface area contributed by atoms with Crippen molar-refractivity contribution in [3.63, 3.8) is 0 Å². The first-order valence-corrected chi connectivity index (χ1v) is 7.64. The Balaban J connectivity index is 1.99. The molecule has 1 saturated heterocycles. The molecule has 106 valence electrons. The van der Waals surface area contributed by atoms with Gasteiger partial charge in [-0.3, -0.25) is 0 Å². The molecule has 0 spiro atoms. The van der Waals surface area contributed by atoms with Gasteiger partial charge in [0.05, 0.1) is 6.10 Å². The number of hydrogen-bond acceptors (Lipinski definition) is 2. The van der Waals surface area contributed by atoms with Gasteiger partial charge in [0.25, 0.3) is 0 Å². The third kappa shape index (κ3) is 3.80. The topological polar surface area (TPSA) is 21.3 Å². The molecule has 1 aliphatic rings. The standard InChI is InChI=1S/C17H27NO/c1-4-10-18-12-16-9-11-19-17(16)15-7-5-14(6-8-15)13(2)3/h5-8,13,16-18H,4,9-12H2,1-3H3. The predicted molar refractivity (Wildman–Crippen MR) is 80.5 cm³/mol. The number of benzene rings is 1. The summed E-state index contributed by atoms with van der Waals surface area (Å²) in [7, 11) is 0. The maximum atomic E-state index is 5.94. The van der Waals surface area contributed by atoms with E-state index in [0.29, 0.717) is 11.8 Å². The van der Waals surface area contributed by atoms with Crippen molar-refractivity contribution in [3.8, 4) is 0 Å². The molecule has 1 heterocycles. The van der Waals surface area contributed by atoms with Crippen LogP contribution in [0.4, 0.5) is 0 Å². The van der Waals surface area contributed by atoms with E-state index in [1.165, 1.54) is 24.0 Å². The van der Waals surface area contributed by atoms with Gasteiger partial charge in [0.1, 0.15) is 0 Å². The molecule has 1 aromatic rings. The molecule has 0 radical (unpaired) electrons. The van der Waals surface area contributed by atoms with Gasteiger partial charge in [-0.15, -0.1) is 0 Å². The Kier molecular flexibility index (Phi) is 5.41. The van der Waals surface area contributed by atoms with Crippen LogP contribution in [0.3, 0.4) is 0 Å². The van der Waals surface area contributed by atoms with Crippen molar-refractivity contribution in [2.75, 3.05) is 19.7 Å². The van der Waals surface area contributed by atoms with Crippen molar-refractivity contribution in [1.82, 2.24) is 5.32 Å². The lowest BCUT2D eigenvalue weighted by Crippen LogP contribution is -2.25. The second-order valence-electron chi connectivity index (χ2n) is 5.87. The maximum absolute atomic E-state index is 5.94. The molecule has 1 N–H and O–H groups in total. The zero-order valence-electron chi connectivity index (χ0n) is 12.5. The van der Waals surface area contributed by atoms with Crippen molar-refractivity contribution in [2.24, 2.45) is 5.92 Å². The highest BCUT2D eigenvalue weighted by Crippen LogP contribution is 2.34. The summed E-state index contributed by atoms with van der Waals surface area (Å²) in [5.74, 6) is 1.22. The molecule has 2 unspecified atom stereocenters. The number of nitrogens with one attached hydrogen (secondary N) is 1. The third-order valence-electron chi connectivity index (χ3n) is 3.98. The summed E-state index contributed by atoms with van der Waals surface area (Å²) < 4.78 is 5.94. The molecule has 2 rings (SSSR count). The Bertz CT molecular complexity index is 371. The van der Waals surface area contributed by atoms with Crippen LogP contribution in [-0.4, -0.2) is 19.7 Å². The fourth-order valence-corrected chi connectivity index (χ4v) is 2.75. The lowest BCUT2D eigenvalue weighted by molar-refractivity contribution is 0.0905. The van der Waals surface area contributed by atoms with Gasteiger partial charge >= 0.3 is 0 Å². The molecule has 0 aliphatic carbocycles. The second-order valence-corrected chi connectivity index (χ2v) is 5.87. The molecule has 1 aromatic carbocycles. The van der Waals surface area contributed by atoms with Crippen molar-refractivity contribution in [3.05, 3.63) is 35.4 Å². The van der Waals surface area contributed by atoms with E-state index in [1.807, 2.05) is 0 Å². The molecule has 1 aliphatic heterocycles. The highest BCUT2D eigenvalue weighted by atomic mass is 16.5. The van der Waals surface area contributed by atoms with Crippen LogP contribution in [0.5, 0.6) is 0 Å². The molecule has 0 aromatic heterocycles. The van der Waals surface area contributed by atoms with Crippen LogP contribution in [0.1, 0.15) is 56.8 Å². The monoisotopic (exact) mass is 261 g/mol. The summed E-state index contributed by atoms with van der Waals surface area (Å²) in [4.78, 5) is 0. The summed E-state index contributed by atoms with van der Waals surface area (Å²) >= 11 is 0. The molecule has 0 saturated carbocycles. The first kappa shape index (κ1) is 14.5. The highest BCUT2D eigenvalue weighted by molar-refractivity contribution is 5.27. The van der Waals surface area contributed by atoms with Gasteiger partial charge in [0, 0.05) is 19.1 Å². The Morgan fingerprint density at radius 3 is 2.63 bits per heavy atom. The minimum atomic E-state index is 0.283. The van der Waals surface area contributed by atoms with Crippen LogP contribution in [0, 0.1) is 5.92 Å². The quantitative estimate of drug-likeness (QED) is 0.784. The van der Waals surface area contributed by atoms with E-state index < -0.39 is 0 Å². The summed E-state index contributed by atoms with van der Waals surface area (Å²) in [6, 6.07) is 8.99. The Labute approximate surface area is 117 Å². The molecule has 0 amide bonds. The van der Waals surface area contributed by atoms with Gasteiger partial charge in [-0.25, -0.2) is 0 Å². The molecule has 1 fully saturated rings. The van der Waals surface area contributed by atoms with Crippen LogP contribution in [0.15, 0.2) is 24.3 Å². The fourth-order valence-electron chi connectivity index (χ4n) is 2.75. The Hall–Kier alpha value is -0.860. The highest BCUT2D eigenvalue weighted by Gasteiger charge is 2.29. The van der Waals surface area contributed by atoms with Crippen LogP contribution < -0.4 is 5.32 Å². The average Bonchev–Trinajstić information content (AvgIpc) is 2.87. The molecule has 2 heteroatoms. The van der Waals surface area contributed by atoms with Crippen LogP contribution in [-0.2, 0) is 4.74 Å². The predicted octanol–water partition coefficient (Wildman–Crippen LogP) is 3.89. The fraction of sp³-hybridized carbons (Fsp3) is 0.647. The van der Waals surface area contributed by atoms with Gasteiger partial charge in [0.15, 0.2) is 0 Å². The summed E-state index contributed by atoms with van der Waals surface area (Å²) in [5.41, 5.74) is 2.74. The largest absolute Gasteiger partial charge is 0.373 e. The van der Waals surface area contributed by atoms with Crippen LogP contribution in [0.2, 0.25) is 0 Å². The van der Waals surface area contributed by atoms with Crippen molar-refractivity contribution >= 4 is 0 Å². The average molecular weight is 261 g/mol. The van der Waals surface area contributed by atoms with Crippen molar-refractivity contribution < 1.29 is 4.74 Å². The van der Waals surface area contributed by atoms with E-state index >= 15 is 0 Å². The van der Waals surface area contributed by atoms with E-state index in [1.54, 1.807) is 0 Å². The SMILES string of the molecule is CCCNCC1CCOC1c1ccc(C(C)C)cc1. The second kappa shape index (κ2) is 7.06. The lowest BCUT2D eigenvalue weighted by atomic mass is 9.93. The molecule has 2 atom stereocenters. The smallest absolute Gasteiger partial charge is 0.0866 e. The van der Waals surface area contributed by atoms with Gasteiger partial charge in [-0.05, 0) is 36.4 Å². The summed E-state index contributed by atoms with van der Waals surface area (Å²) in [6.45, 7) is 9.76. The van der Waals surface area contributed by atoms with E-state index in [0.717, 1.165) is 19.7 Å². The summed E-state index contributed by atoms with van der Waals surface area (Å²) in [5, 5.41) is 3.53. The van der Waals surface area contributed by atoms with Crippen molar-refractivity contribution in [1.29, 1.82) is 0 Å². The Morgan fingerprint density at radius 2 is 2.00 bits per heavy atom. The number of rotatable bonds is 6. The van der Waals surface area contributed by atoms with E-state index in [2.05, 4.69) is 50.4 Å². The zero-order chi connectivity index (χ0) is 13.7. The van der Waals surface area contributed by atoms with Gasteiger partial charge in [-0.2, -0.15) is 0 Å². The Morgan fingerprint density at radius 1 is 1.26 bits per heavy atom.